The first kappa shape index (κ1) is 8.66. The van der Waals surface area contributed by atoms with Crippen molar-refractivity contribution in [1.82, 2.24) is 4.98 Å². The highest BCUT2D eigenvalue weighted by molar-refractivity contribution is 5.28. The van der Waals surface area contributed by atoms with Crippen LogP contribution in [0, 0.1) is 0 Å². The van der Waals surface area contributed by atoms with Crippen LogP contribution in [0.2, 0.25) is 0 Å². The molecule has 1 atom stereocenters. The van der Waals surface area contributed by atoms with Gasteiger partial charge in [-0.15, -0.1) is 0 Å². The molecule has 2 N–H and O–H groups in total. The van der Waals surface area contributed by atoms with E-state index in [-0.39, 0.29) is 11.5 Å². The van der Waals surface area contributed by atoms with Gasteiger partial charge in [0.1, 0.15) is 0 Å². The SMILES string of the molecule is CC(N)C1(c2ccncc2)COC1. The third-order valence-corrected chi connectivity index (χ3v) is 2.85. The summed E-state index contributed by atoms with van der Waals surface area (Å²) in [5.41, 5.74) is 7.23. The molecule has 1 aromatic rings. The van der Waals surface area contributed by atoms with Crippen molar-refractivity contribution in [2.24, 2.45) is 5.73 Å². The lowest BCUT2D eigenvalue weighted by atomic mass is 9.74. The quantitative estimate of drug-likeness (QED) is 0.725. The Morgan fingerprint density at radius 3 is 2.46 bits per heavy atom. The topological polar surface area (TPSA) is 48.1 Å². The number of hydrogen-bond acceptors (Lipinski definition) is 3. The van der Waals surface area contributed by atoms with Crippen LogP contribution in [0.25, 0.3) is 0 Å². The molecule has 0 aliphatic carbocycles. The second kappa shape index (κ2) is 3.09. The summed E-state index contributed by atoms with van der Waals surface area (Å²) >= 11 is 0. The van der Waals surface area contributed by atoms with E-state index in [9.17, 15) is 0 Å². The van der Waals surface area contributed by atoms with Crippen LogP contribution in [0.15, 0.2) is 24.5 Å². The van der Waals surface area contributed by atoms with Gasteiger partial charge in [0.2, 0.25) is 0 Å². The van der Waals surface area contributed by atoms with E-state index in [2.05, 4.69) is 4.98 Å². The number of ether oxygens (including phenoxy) is 1. The summed E-state index contributed by atoms with van der Waals surface area (Å²) in [6, 6.07) is 4.17. The summed E-state index contributed by atoms with van der Waals surface area (Å²) in [7, 11) is 0. The summed E-state index contributed by atoms with van der Waals surface area (Å²) in [5, 5.41) is 0. The number of hydrogen-bond donors (Lipinski definition) is 1. The van der Waals surface area contributed by atoms with Gasteiger partial charge in [0.25, 0.3) is 0 Å². The molecule has 13 heavy (non-hydrogen) atoms. The standard InChI is InChI=1S/C10H14N2O/c1-8(11)10(6-13-7-10)9-2-4-12-5-3-9/h2-5,8H,6-7,11H2,1H3. The van der Waals surface area contributed by atoms with Crippen LogP contribution in [0.4, 0.5) is 0 Å². The van der Waals surface area contributed by atoms with Crippen LogP contribution in [-0.4, -0.2) is 24.2 Å². The molecule has 2 rings (SSSR count). The van der Waals surface area contributed by atoms with Crippen molar-refractivity contribution in [3.8, 4) is 0 Å². The third kappa shape index (κ3) is 1.24. The summed E-state index contributed by atoms with van der Waals surface area (Å²) in [4.78, 5) is 3.99. The second-order valence-electron chi connectivity index (χ2n) is 3.67. The van der Waals surface area contributed by atoms with Gasteiger partial charge in [-0.3, -0.25) is 4.98 Å². The zero-order valence-electron chi connectivity index (χ0n) is 7.73. The van der Waals surface area contributed by atoms with E-state index in [0.717, 1.165) is 13.2 Å². The van der Waals surface area contributed by atoms with Crippen molar-refractivity contribution in [2.45, 2.75) is 18.4 Å². The monoisotopic (exact) mass is 178 g/mol. The molecular formula is C10H14N2O. The van der Waals surface area contributed by atoms with Crippen LogP contribution >= 0.6 is 0 Å². The zero-order valence-corrected chi connectivity index (χ0v) is 7.73. The number of rotatable bonds is 2. The molecule has 2 heterocycles. The van der Waals surface area contributed by atoms with Gasteiger partial charge in [0, 0.05) is 18.4 Å². The normalized spacial score (nSPS) is 22.0. The molecule has 0 aromatic carbocycles. The molecule has 1 unspecified atom stereocenters. The fourth-order valence-corrected chi connectivity index (χ4v) is 1.70. The maximum atomic E-state index is 5.96. The Kier molecular flexibility index (Phi) is 2.06. The van der Waals surface area contributed by atoms with E-state index in [1.807, 2.05) is 19.1 Å². The molecule has 1 saturated heterocycles. The largest absolute Gasteiger partial charge is 0.379 e. The van der Waals surface area contributed by atoms with Crippen LogP contribution in [0.1, 0.15) is 12.5 Å². The summed E-state index contributed by atoms with van der Waals surface area (Å²) in [6.45, 7) is 3.49. The van der Waals surface area contributed by atoms with E-state index in [4.69, 9.17) is 10.5 Å². The van der Waals surface area contributed by atoms with E-state index in [0.29, 0.717) is 0 Å². The lowest BCUT2D eigenvalue weighted by Crippen LogP contribution is -2.57. The van der Waals surface area contributed by atoms with Gasteiger partial charge in [0.05, 0.1) is 18.6 Å². The first-order chi connectivity index (χ1) is 6.26. The van der Waals surface area contributed by atoms with Crippen LogP contribution < -0.4 is 5.73 Å². The highest BCUT2D eigenvalue weighted by Crippen LogP contribution is 2.34. The Labute approximate surface area is 77.9 Å². The predicted octanol–water partition coefficient (Wildman–Crippen LogP) is 0.697. The van der Waals surface area contributed by atoms with Gasteiger partial charge in [-0.25, -0.2) is 0 Å². The third-order valence-electron chi connectivity index (χ3n) is 2.85. The molecule has 3 heteroatoms. The van der Waals surface area contributed by atoms with Crippen LogP contribution in [-0.2, 0) is 10.2 Å². The maximum Gasteiger partial charge on any atom is 0.0600 e. The van der Waals surface area contributed by atoms with E-state index >= 15 is 0 Å². The zero-order chi connectivity index (χ0) is 9.31. The minimum absolute atomic E-state index is 0.0307. The van der Waals surface area contributed by atoms with Crippen molar-refractivity contribution >= 4 is 0 Å². The Morgan fingerprint density at radius 1 is 1.46 bits per heavy atom. The average Bonchev–Trinajstić information content (AvgIpc) is 2.03. The van der Waals surface area contributed by atoms with E-state index in [1.165, 1.54) is 5.56 Å². The highest BCUT2D eigenvalue weighted by Gasteiger charge is 2.43. The lowest BCUT2D eigenvalue weighted by Gasteiger charge is -2.44. The molecule has 0 radical (unpaired) electrons. The van der Waals surface area contributed by atoms with E-state index in [1.54, 1.807) is 12.4 Å². The average molecular weight is 178 g/mol. The second-order valence-corrected chi connectivity index (χ2v) is 3.67. The summed E-state index contributed by atoms with van der Waals surface area (Å²) < 4.78 is 5.25. The minimum Gasteiger partial charge on any atom is -0.379 e. The Hall–Kier alpha value is -0.930. The van der Waals surface area contributed by atoms with Crippen LogP contribution in [0.3, 0.4) is 0 Å². The van der Waals surface area contributed by atoms with Crippen molar-refractivity contribution in [3.63, 3.8) is 0 Å². The molecule has 70 valence electrons. The molecular weight excluding hydrogens is 164 g/mol. The number of aromatic nitrogens is 1. The fourth-order valence-electron chi connectivity index (χ4n) is 1.70. The molecule has 3 nitrogen and oxygen atoms in total. The summed E-state index contributed by atoms with van der Waals surface area (Å²) in [6.07, 6.45) is 3.61. The Balaban J connectivity index is 2.32. The molecule has 1 aliphatic rings. The van der Waals surface area contributed by atoms with Gasteiger partial charge >= 0.3 is 0 Å². The minimum atomic E-state index is 0.0307. The molecule has 1 aliphatic heterocycles. The first-order valence-corrected chi connectivity index (χ1v) is 4.49. The highest BCUT2D eigenvalue weighted by atomic mass is 16.5. The van der Waals surface area contributed by atoms with Gasteiger partial charge in [-0.05, 0) is 24.6 Å². The predicted molar refractivity (Wildman–Crippen MR) is 50.4 cm³/mol. The molecule has 0 amide bonds. The maximum absolute atomic E-state index is 5.96. The number of pyridine rings is 1. The van der Waals surface area contributed by atoms with E-state index < -0.39 is 0 Å². The molecule has 0 spiro atoms. The van der Waals surface area contributed by atoms with Gasteiger partial charge in [0.15, 0.2) is 0 Å². The van der Waals surface area contributed by atoms with Crippen LogP contribution in [0.5, 0.6) is 0 Å². The molecule has 0 bridgehead atoms. The van der Waals surface area contributed by atoms with Crippen molar-refractivity contribution in [2.75, 3.05) is 13.2 Å². The molecule has 1 aromatic heterocycles. The van der Waals surface area contributed by atoms with Gasteiger partial charge in [-0.2, -0.15) is 0 Å². The van der Waals surface area contributed by atoms with Crippen molar-refractivity contribution < 1.29 is 4.74 Å². The molecule has 0 saturated carbocycles. The number of nitrogens with two attached hydrogens (primary N) is 1. The van der Waals surface area contributed by atoms with Crippen molar-refractivity contribution in [3.05, 3.63) is 30.1 Å². The summed E-state index contributed by atoms with van der Waals surface area (Å²) in [5.74, 6) is 0. The lowest BCUT2D eigenvalue weighted by molar-refractivity contribution is -0.0702. The Morgan fingerprint density at radius 2 is 2.08 bits per heavy atom. The Bertz CT molecular complexity index is 280. The van der Waals surface area contributed by atoms with Crippen molar-refractivity contribution in [1.29, 1.82) is 0 Å². The van der Waals surface area contributed by atoms with Gasteiger partial charge < -0.3 is 10.5 Å². The number of nitrogens with zero attached hydrogens (tertiary/aromatic N) is 1. The molecule has 1 fully saturated rings. The fraction of sp³-hybridized carbons (Fsp3) is 0.500. The van der Waals surface area contributed by atoms with Gasteiger partial charge in [-0.1, -0.05) is 0 Å². The smallest absolute Gasteiger partial charge is 0.0600 e. The first-order valence-electron chi connectivity index (χ1n) is 4.49.